The van der Waals surface area contributed by atoms with E-state index in [1.54, 1.807) is 18.0 Å². The lowest BCUT2D eigenvalue weighted by Gasteiger charge is -2.14. The van der Waals surface area contributed by atoms with E-state index < -0.39 is 0 Å². The monoisotopic (exact) mass is 457 g/mol. The van der Waals surface area contributed by atoms with Gasteiger partial charge in [0.1, 0.15) is 11.4 Å². The molecule has 0 bridgehead atoms. The minimum absolute atomic E-state index is 0.156. The quantitative estimate of drug-likeness (QED) is 0.415. The molecule has 0 saturated carbocycles. The number of rotatable bonds is 8. The van der Waals surface area contributed by atoms with Crippen LogP contribution in [0.25, 0.3) is 16.9 Å². The summed E-state index contributed by atoms with van der Waals surface area (Å²) >= 11 is 0. The first kappa shape index (κ1) is 23.3. The van der Waals surface area contributed by atoms with Crippen molar-refractivity contribution in [3.8, 4) is 22.7 Å². The molecule has 0 aliphatic carbocycles. The van der Waals surface area contributed by atoms with Crippen molar-refractivity contribution in [2.75, 3.05) is 13.7 Å². The standard InChI is InChI=1S/C27H31N5O2/c1-18-9-11-23(12-10-18)32-17-25(26(30-32)22-7-6-8-24(14-22)34-5)27(33)28-15-19(2)16-31-21(4)13-20(3)29-31/h6-14,17,19H,15-16H2,1-5H3,(H,28,33). The van der Waals surface area contributed by atoms with Crippen molar-refractivity contribution in [1.82, 2.24) is 24.9 Å². The van der Waals surface area contributed by atoms with Crippen molar-refractivity contribution in [3.63, 3.8) is 0 Å². The van der Waals surface area contributed by atoms with Crippen molar-refractivity contribution < 1.29 is 9.53 Å². The number of carbonyl (C=O) groups excluding carboxylic acids is 1. The van der Waals surface area contributed by atoms with Crippen LogP contribution in [0.1, 0.15) is 34.2 Å². The van der Waals surface area contributed by atoms with Gasteiger partial charge < -0.3 is 10.1 Å². The third-order valence-corrected chi connectivity index (χ3v) is 5.80. The zero-order chi connectivity index (χ0) is 24.2. The molecule has 34 heavy (non-hydrogen) atoms. The summed E-state index contributed by atoms with van der Waals surface area (Å²) in [6, 6.07) is 17.7. The Morgan fingerprint density at radius 1 is 1.06 bits per heavy atom. The highest BCUT2D eigenvalue weighted by atomic mass is 16.5. The predicted octanol–water partition coefficient (Wildman–Crippen LogP) is 4.74. The fraction of sp³-hybridized carbons (Fsp3) is 0.296. The van der Waals surface area contributed by atoms with Gasteiger partial charge in [0.25, 0.3) is 5.91 Å². The number of ether oxygens (including phenoxy) is 1. The summed E-state index contributed by atoms with van der Waals surface area (Å²) in [7, 11) is 1.63. The number of benzene rings is 2. The van der Waals surface area contributed by atoms with E-state index in [0.717, 1.165) is 29.2 Å². The first-order valence-electron chi connectivity index (χ1n) is 11.4. The predicted molar refractivity (Wildman–Crippen MR) is 133 cm³/mol. The summed E-state index contributed by atoms with van der Waals surface area (Å²) in [5, 5.41) is 12.4. The Kier molecular flexibility index (Phi) is 6.82. The van der Waals surface area contributed by atoms with Gasteiger partial charge in [-0.2, -0.15) is 10.2 Å². The summed E-state index contributed by atoms with van der Waals surface area (Å²) in [5.41, 5.74) is 6.14. The Morgan fingerprint density at radius 2 is 1.82 bits per heavy atom. The fourth-order valence-electron chi connectivity index (χ4n) is 3.94. The number of carbonyl (C=O) groups is 1. The normalized spacial score (nSPS) is 11.9. The summed E-state index contributed by atoms with van der Waals surface area (Å²) < 4.78 is 9.13. The number of aryl methyl sites for hydroxylation is 3. The maximum absolute atomic E-state index is 13.3. The van der Waals surface area contributed by atoms with Crippen LogP contribution in [-0.4, -0.2) is 39.1 Å². The van der Waals surface area contributed by atoms with E-state index in [2.05, 4.69) is 23.4 Å². The topological polar surface area (TPSA) is 74.0 Å². The molecule has 1 atom stereocenters. The molecule has 1 unspecified atom stereocenters. The molecule has 0 spiro atoms. The third-order valence-electron chi connectivity index (χ3n) is 5.80. The molecule has 2 aromatic heterocycles. The van der Waals surface area contributed by atoms with E-state index >= 15 is 0 Å². The first-order chi connectivity index (χ1) is 16.3. The van der Waals surface area contributed by atoms with Crippen LogP contribution in [0, 0.1) is 26.7 Å². The molecule has 0 fully saturated rings. The summed E-state index contributed by atoms with van der Waals surface area (Å²) in [6.07, 6.45) is 1.79. The maximum atomic E-state index is 13.3. The summed E-state index contributed by atoms with van der Waals surface area (Å²) in [6.45, 7) is 9.46. The highest BCUT2D eigenvalue weighted by molar-refractivity contribution is 6.00. The molecule has 7 nitrogen and oxygen atoms in total. The van der Waals surface area contributed by atoms with Crippen LogP contribution in [0.2, 0.25) is 0 Å². The molecule has 0 aliphatic rings. The van der Waals surface area contributed by atoms with Gasteiger partial charge in [-0.1, -0.05) is 36.8 Å². The minimum atomic E-state index is -0.156. The van der Waals surface area contributed by atoms with Crippen LogP contribution in [0.4, 0.5) is 0 Å². The van der Waals surface area contributed by atoms with Gasteiger partial charge in [0.15, 0.2) is 0 Å². The molecule has 4 aromatic rings. The van der Waals surface area contributed by atoms with Crippen molar-refractivity contribution in [3.05, 3.63) is 83.3 Å². The lowest BCUT2D eigenvalue weighted by molar-refractivity contribution is 0.0947. The molecule has 176 valence electrons. The van der Waals surface area contributed by atoms with Crippen molar-refractivity contribution in [2.24, 2.45) is 5.92 Å². The summed E-state index contributed by atoms with van der Waals surface area (Å²) in [5.74, 6) is 0.776. The average Bonchev–Trinajstić information content (AvgIpc) is 3.41. The molecular formula is C27H31N5O2. The van der Waals surface area contributed by atoms with Gasteiger partial charge in [-0.05, 0) is 57.0 Å². The molecule has 4 rings (SSSR count). The molecular weight excluding hydrogens is 426 g/mol. The second-order valence-corrected chi connectivity index (χ2v) is 8.83. The first-order valence-corrected chi connectivity index (χ1v) is 11.4. The molecule has 7 heteroatoms. The van der Waals surface area contributed by atoms with Crippen LogP contribution in [0.3, 0.4) is 0 Å². The Morgan fingerprint density at radius 3 is 2.50 bits per heavy atom. The number of nitrogens with one attached hydrogen (secondary N) is 1. The van der Waals surface area contributed by atoms with Gasteiger partial charge >= 0.3 is 0 Å². The minimum Gasteiger partial charge on any atom is -0.497 e. The van der Waals surface area contributed by atoms with Crippen LogP contribution < -0.4 is 10.1 Å². The van der Waals surface area contributed by atoms with Gasteiger partial charge in [0, 0.05) is 30.5 Å². The molecule has 0 radical (unpaired) electrons. The lowest BCUT2D eigenvalue weighted by Crippen LogP contribution is -2.30. The molecule has 0 aliphatic heterocycles. The zero-order valence-electron chi connectivity index (χ0n) is 20.4. The van der Waals surface area contributed by atoms with Gasteiger partial charge in [0.05, 0.1) is 24.1 Å². The second-order valence-electron chi connectivity index (χ2n) is 8.83. The smallest absolute Gasteiger partial charge is 0.255 e. The van der Waals surface area contributed by atoms with Crippen LogP contribution in [0.15, 0.2) is 60.8 Å². The molecule has 1 N–H and O–H groups in total. The Hall–Kier alpha value is -3.87. The van der Waals surface area contributed by atoms with Gasteiger partial charge in [-0.25, -0.2) is 4.68 Å². The van der Waals surface area contributed by atoms with Gasteiger partial charge in [-0.15, -0.1) is 0 Å². The Bertz CT molecular complexity index is 1290. The summed E-state index contributed by atoms with van der Waals surface area (Å²) in [4.78, 5) is 13.3. The zero-order valence-corrected chi connectivity index (χ0v) is 20.4. The highest BCUT2D eigenvalue weighted by Gasteiger charge is 2.20. The number of amides is 1. The SMILES string of the molecule is COc1cccc(-c2nn(-c3ccc(C)cc3)cc2C(=O)NCC(C)Cn2nc(C)cc2C)c1. The Balaban J connectivity index is 1.58. The van der Waals surface area contributed by atoms with E-state index in [1.165, 1.54) is 5.56 Å². The number of hydrogen-bond acceptors (Lipinski definition) is 4. The van der Waals surface area contributed by atoms with Crippen LogP contribution >= 0.6 is 0 Å². The van der Waals surface area contributed by atoms with Crippen molar-refractivity contribution >= 4 is 5.91 Å². The largest absolute Gasteiger partial charge is 0.497 e. The number of hydrogen-bond donors (Lipinski definition) is 1. The number of aromatic nitrogens is 4. The molecule has 2 heterocycles. The van der Waals surface area contributed by atoms with E-state index in [4.69, 9.17) is 9.84 Å². The molecule has 0 saturated heterocycles. The number of methoxy groups -OCH3 is 1. The van der Waals surface area contributed by atoms with Gasteiger partial charge in [-0.3, -0.25) is 9.48 Å². The maximum Gasteiger partial charge on any atom is 0.255 e. The van der Waals surface area contributed by atoms with E-state index in [9.17, 15) is 4.79 Å². The van der Waals surface area contributed by atoms with E-state index in [-0.39, 0.29) is 11.8 Å². The van der Waals surface area contributed by atoms with Crippen LogP contribution in [0.5, 0.6) is 5.75 Å². The average molecular weight is 458 g/mol. The van der Waals surface area contributed by atoms with E-state index in [0.29, 0.717) is 23.6 Å². The van der Waals surface area contributed by atoms with Crippen molar-refractivity contribution in [2.45, 2.75) is 34.2 Å². The van der Waals surface area contributed by atoms with Crippen LogP contribution in [-0.2, 0) is 6.54 Å². The third kappa shape index (κ3) is 5.20. The highest BCUT2D eigenvalue weighted by Crippen LogP contribution is 2.27. The Labute approximate surface area is 200 Å². The number of nitrogens with zero attached hydrogens (tertiary/aromatic N) is 4. The second kappa shape index (κ2) is 9.95. The molecule has 2 aromatic carbocycles. The molecule has 1 amide bonds. The fourth-order valence-corrected chi connectivity index (χ4v) is 3.94. The van der Waals surface area contributed by atoms with Crippen molar-refractivity contribution in [1.29, 1.82) is 0 Å². The van der Waals surface area contributed by atoms with E-state index in [1.807, 2.05) is 74.0 Å². The van der Waals surface area contributed by atoms with Gasteiger partial charge in [0.2, 0.25) is 0 Å². The lowest BCUT2D eigenvalue weighted by atomic mass is 10.1.